The number of benzene rings is 10. The molecule has 0 radical (unpaired) electrons. The minimum Gasteiger partial charge on any atom is -0.0619 e. The maximum absolute atomic E-state index is 2.50. The van der Waals surface area contributed by atoms with Gasteiger partial charge < -0.3 is 0 Å². The van der Waals surface area contributed by atoms with Crippen molar-refractivity contribution in [1.29, 1.82) is 0 Å². The van der Waals surface area contributed by atoms with E-state index in [1.807, 2.05) is 0 Å². The van der Waals surface area contributed by atoms with Gasteiger partial charge in [-0.15, -0.1) is 0 Å². The number of fused-ring (bicyclic) bond motifs is 15. The van der Waals surface area contributed by atoms with Crippen LogP contribution in [-0.4, -0.2) is 0 Å². The zero-order chi connectivity index (χ0) is 37.5. The summed E-state index contributed by atoms with van der Waals surface area (Å²) in [7, 11) is 0. The van der Waals surface area contributed by atoms with Crippen molar-refractivity contribution in [3.05, 3.63) is 192 Å². The molecule has 0 saturated carbocycles. The average molecular weight is 713 g/mol. The van der Waals surface area contributed by atoms with Crippen molar-refractivity contribution in [2.75, 3.05) is 0 Å². The lowest BCUT2D eigenvalue weighted by molar-refractivity contribution is 0.660. The highest BCUT2D eigenvalue weighted by molar-refractivity contribution is 6.25. The van der Waals surface area contributed by atoms with Crippen LogP contribution in [0.25, 0.3) is 98.4 Å². The van der Waals surface area contributed by atoms with Gasteiger partial charge in [-0.2, -0.15) is 0 Å². The van der Waals surface area contributed by atoms with Gasteiger partial charge in [0, 0.05) is 10.8 Å². The highest BCUT2D eigenvalue weighted by atomic mass is 14.4. The molecular weight excluding hydrogens is 673 g/mol. The number of hydrogen-bond acceptors (Lipinski definition) is 0. The summed E-state index contributed by atoms with van der Waals surface area (Å²) < 4.78 is 0. The maximum atomic E-state index is 2.50. The van der Waals surface area contributed by atoms with E-state index in [0.717, 1.165) is 0 Å². The second-order valence-corrected chi connectivity index (χ2v) is 17.2. The second kappa shape index (κ2) is 11.1. The lowest BCUT2D eigenvalue weighted by atomic mass is 9.78. The molecule has 2 aliphatic rings. The third kappa shape index (κ3) is 4.04. The van der Waals surface area contributed by atoms with Crippen molar-refractivity contribution >= 4 is 53.9 Å². The zero-order valence-electron chi connectivity index (χ0n) is 32.2. The summed E-state index contributed by atoms with van der Waals surface area (Å²) in [5, 5.41) is 13.1. The van der Waals surface area contributed by atoms with Gasteiger partial charge in [0.1, 0.15) is 0 Å². The Kier molecular flexibility index (Phi) is 6.28. The van der Waals surface area contributed by atoms with E-state index in [1.54, 1.807) is 0 Å². The van der Waals surface area contributed by atoms with Crippen molar-refractivity contribution < 1.29 is 0 Å². The third-order valence-electron chi connectivity index (χ3n) is 13.6. The first-order valence-corrected chi connectivity index (χ1v) is 20.0. The Hall–Kier alpha value is -6.50. The molecule has 0 amide bonds. The molecule has 0 N–H and O–H groups in total. The Morgan fingerprint density at radius 1 is 0.286 bits per heavy atom. The molecule has 10 aromatic rings. The van der Waals surface area contributed by atoms with Crippen LogP contribution in [0.5, 0.6) is 0 Å². The molecule has 0 unspecified atom stereocenters. The summed E-state index contributed by atoms with van der Waals surface area (Å²) in [4.78, 5) is 0. The highest BCUT2D eigenvalue weighted by Gasteiger charge is 2.40. The molecule has 0 atom stereocenters. The fraction of sp³-hybridized carbons (Fsp3) is 0.107. The minimum atomic E-state index is -0.147. The topological polar surface area (TPSA) is 0 Å². The van der Waals surface area contributed by atoms with Crippen LogP contribution in [0.4, 0.5) is 0 Å². The van der Waals surface area contributed by atoms with Gasteiger partial charge in [0.2, 0.25) is 0 Å². The highest BCUT2D eigenvalue weighted by Crippen LogP contribution is 2.57. The monoisotopic (exact) mass is 712 g/mol. The van der Waals surface area contributed by atoms with Crippen molar-refractivity contribution in [3.63, 3.8) is 0 Å². The lowest BCUT2D eigenvalue weighted by Crippen LogP contribution is -2.15. The fourth-order valence-electron chi connectivity index (χ4n) is 11.1. The Morgan fingerprint density at radius 3 is 1.48 bits per heavy atom. The maximum Gasteiger partial charge on any atom is 0.0165 e. The molecular formula is C56H40. The van der Waals surface area contributed by atoms with Crippen LogP contribution in [0, 0.1) is 0 Å². The van der Waals surface area contributed by atoms with Crippen LogP contribution in [0.3, 0.4) is 0 Å². The second-order valence-electron chi connectivity index (χ2n) is 17.2. The molecule has 0 saturated heterocycles. The van der Waals surface area contributed by atoms with E-state index in [2.05, 4.69) is 198 Å². The van der Waals surface area contributed by atoms with Crippen LogP contribution in [0.2, 0.25) is 0 Å². The Morgan fingerprint density at radius 2 is 0.804 bits per heavy atom. The van der Waals surface area contributed by atoms with E-state index < -0.39 is 0 Å². The molecule has 0 aliphatic heterocycles. The van der Waals surface area contributed by atoms with Gasteiger partial charge in [-0.1, -0.05) is 185 Å². The molecule has 0 heteroatoms. The van der Waals surface area contributed by atoms with Crippen molar-refractivity contribution in [3.8, 4) is 44.5 Å². The minimum absolute atomic E-state index is 0.0649. The smallest absolute Gasteiger partial charge is 0.0165 e. The van der Waals surface area contributed by atoms with Gasteiger partial charge >= 0.3 is 0 Å². The first kappa shape index (κ1) is 31.8. The normalized spacial score (nSPS) is 14.7. The summed E-state index contributed by atoms with van der Waals surface area (Å²) in [5.41, 5.74) is 16.1. The molecule has 10 aromatic carbocycles. The van der Waals surface area contributed by atoms with Crippen LogP contribution >= 0.6 is 0 Å². The van der Waals surface area contributed by atoms with E-state index in [4.69, 9.17) is 0 Å². The van der Waals surface area contributed by atoms with Gasteiger partial charge in [-0.3, -0.25) is 0 Å². The summed E-state index contributed by atoms with van der Waals surface area (Å²) in [6.45, 7) is 9.60. The van der Waals surface area contributed by atoms with Crippen molar-refractivity contribution in [2.45, 2.75) is 38.5 Å². The molecule has 56 heavy (non-hydrogen) atoms. The Labute approximate surface area is 327 Å². The molecule has 0 bridgehead atoms. The largest absolute Gasteiger partial charge is 0.0619 e. The van der Waals surface area contributed by atoms with Crippen LogP contribution in [0.1, 0.15) is 49.9 Å². The van der Waals surface area contributed by atoms with Crippen LogP contribution in [0.15, 0.2) is 170 Å². The molecule has 0 spiro atoms. The standard InChI is InChI=1S/C56H40/c1-55(2)47-24-14-13-18-38(47)39-28-25-35(32-49(39)55)51-43-22-11-9-20-41(43)50(42-21-10-12-23-44(42)51)34-26-29-45-46(31-34)37-17-7-8-19-40(37)53-52-36-16-6-5-15-33(36)27-30-48(52)56(3,4)54(45)53/h5-32H,1-4H3. The first-order chi connectivity index (χ1) is 27.3. The predicted molar refractivity (Wildman–Crippen MR) is 240 cm³/mol. The molecule has 12 rings (SSSR count). The van der Waals surface area contributed by atoms with E-state index in [1.165, 1.54) is 121 Å². The van der Waals surface area contributed by atoms with Gasteiger partial charge in [0.15, 0.2) is 0 Å². The third-order valence-corrected chi connectivity index (χ3v) is 13.6. The van der Waals surface area contributed by atoms with E-state index in [-0.39, 0.29) is 10.8 Å². The fourth-order valence-corrected chi connectivity index (χ4v) is 11.1. The van der Waals surface area contributed by atoms with Crippen LogP contribution in [-0.2, 0) is 10.8 Å². The number of rotatable bonds is 2. The average Bonchev–Trinajstić information content (AvgIpc) is 3.62. The summed E-state index contributed by atoms with van der Waals surface area (Å²) in [5.74, 6) is 0. The van der Waals surface area contributed by atoms with Gasteiger partial charge in [0.05, 0.1) is 0 Å². The predicted octanol–water partition coefficient (Wildman–Crippen LogP) is 15.4. The van der Waals surface area contributed by atoms with Gasteiger partial charge in [-0.25, -0.2) is 0 Å². The Balaban J connectivity index is 1.13. The zero-order valence-corrected chi connectivity index (χ0v) is 32.2. The van der Waals surface area contributed by atoms with E-state index >= 15 is 0 Å². The van der Waals surface area contributed by atoms with Crippen molar-refractivity contribution in [1.82, 2.24) is 0 Å². The molecule has 0 aromatic heterocycles. The van der Waals surface area contributed by atoms with Gasteiger partial charge in [-0.05, 0) is 133 Å². The molecule has 0 fully saturated rings. The lowest BCUT2D eigenvalue weighted by Gasteiger charge is -2.25. The number of hydrogen-bond donors (Lipinski definition) is 0. The van der Waals surface area contributed by atoms with Crippen molar-refractivity contribution in [2.24, 2.45) is 0 Å². The van der Waals surface area contributed by atoms with Gasteiger partial charge in [0.25, 0.3) is 0 Å². The SMILES string of the molecule is CC1(C)c2ccccc2-c2ccc(-c3c4ccccc4c(-c4ccc5c6c(c7ccccc7c5c4)-c4c(ccc5ccccc45)C6(C)C)c4ccccc34)cc21. The first-order valence-electron chi connectivity index (χ1n) is 20.0. The molecule has 264 valence electrons. The summed E-state index contributed by atoms with van der Waals surface area (Å²) in [6.07, 6.45) is 0. The summed E-state index contributed by atoms with van der Waals surface area (Å²) >= 11 is 0. The van der Waals surface area contributed by atoms with E-state index in [0.29, 0.717) is 0 Å². The van der Waals surface area contributed by atoms with E-state index in [9.17, 15) is 0 Å². The Bertz CT molecular complexity index is 3300. The molecule has 2 aliphatic carbocycles. The molecule has 0 heterocycles. The summed E-state index contributed by atoms with van der Waals surface area (Å²) in [6, 6.07) is 64.4. The molecule has 0 nitrogen and oxygen atoms in total. The van der Waals surface area contributed by atoms with Crippen LogP contribution < -0.4 is 0 Å². The quantitative estimate of drug-likeness (QED) is 0.124.